The number of fused-ring (bicyclic) bond motifs is 2. The van der Waals surface area contributed by atoms with Gasteiger partial charge in [-0.2, -0.15) is 0 Å². The van der Waals surface area contributed by atoms with Gasteiger partial charge in [-0.1, -0.05) is 18.2 Å². The van der Waals surface area contributed by atoms with E-state index in [0.29, 0.717) is 34.8 Å². The molecule has 6 heteroatoms. The summed E-state index contributed by atoms with van der Waals surface area (Å²) in [6, 6.07) is 10.3. The molecule has 1 aliphatic rings. The average Bonchev–Trinajstić information content (AvgIpc) is 2.76. The van der Waals surface area contributed by atoms with E-state index in [-0.39, 0.29) is 11.6 Å². The number of rotatable bonds is 6. The number of aromatic nitrogens is 2. The van der Waals surface area contributed by atoms with Gasteiger partial charge in [0.25, 0.3) is 5.56 Å². The number of methoxy groups -OCH3 is 2. The summed E-state index contributed by atoms with van der Waals surface area (Å²) in [5, 5.41) is 3.96. The van der Waals surface area contributed by atoms with Crippen molar-refractivity contribution in [1.29, 1.82) is 0 Å². The predicted molar refractivity (Wildman–Crippen MR) is 114 cm³/mol. The lowest BCUT2D eigenvalue weighted by molar-refractivity contribution is 0.355. The Balaban J connectivity index is 1.54. The maximum atomic E-state index is 12.5. The van der Waals surface area contributed by atoms with Gasteiger partial charge in [0, 0.05) is 12.1 Å². The minimum absolute atomic E-state index is 0.161. The van der Waals surface area contributed by atoms with Crippen molar-refractivity contribution in [2.24, 2.45) is 0 Å². The van der Waals surface area contributed by atoms with Crippen molar-refractivity contribution in [1.82, 2.24) is 15.3 Å². The molecular weight excluding hydrogens is 366 g/mol. The lowest BCUT2D eigenvalue weighted by Crippen LogP contribution is -2.22. The van der Waals surface area contributed by atoms with E-state index in [2.05, 4.69) is 40.4 Å². The van der Waals surface area contributed by atoms with Crippen LogP contribution < -0.4 is 20.3 Å². The number of H-pyrrole nitrogens is 1. The van der Waals surface area contributed by atoms with Gasteiger partial charge in [-0.15, -0.1) is 0 Å². The molecule has 1 heterocycles. The molecule has 0 radical (unpaired) electrons. The van der Waals surface area contributed by atoms with Gasteiger partial charge >= 0.3 is 0 Å². The second-order valence-electron chi connectivity index (χ2n) is 7.57. The van der Waals surface area contributed by atoms with Crippen molar-refractivity contribution in [3.8, 4) is 11.5 Å². The largest absolute Gasteiger partial charge is 0.493 e. The SMILES string of the molecule is COc1cc2nc(CN[C@H](C)c3ccc4c(c3)CCCC4)[nH]c(=O)c2cc1OC. The standard InChI is InChI=1S/C23H27N3O3/c1-14(16-9-8-15-6-4-5-7-17(15)10-16)24-13-22-25-19-12-21(29-3)20(28-2)11-18(19)23(27)26-22/h8-12,14,24H,4-7,13H2,1-3H3,(H,25,26,27)/t14-/m1/s1. The Morgan fingerprint density at radius 2 is 1.79 bits per heavy atom. The molecule has 6 nitrogen and oxygen atoms in total. The van der Waals surface area contributed by atoms with E-state index in [1.165, 1.54) is 42.4 Å². The van der Waals surface area contributed by atoms with Crippen molar-refractivity contribution in [2.45, 2.75) is 45.2 Å². The first-order valence-corrected chi connectivity index (χ1v) is 10.1. The van der Waals surface area contributed by atoms with Crippen LogP contribution in [0, 0.1) is 0 Å². The van der Waals surface area contributed by atoms with Crippen molar-refractivity contribution >= 4 is 10.9 Å². The Morgan fingerprint density at radius 1 is 1.07 bits per heavy atom. The predicted octanol–water partition coefficient (Wildman–Crippen LogP) is 3.67. The van der Waals surface area contributed by atoms with Crippen LogP contribution in [0.2, 0.25) is 0 Å². The molecule has 1 aromatic heterocycles. The second-order valence-corrected chi connectivity index (χ2v) is 7.57. The monoisotopic (exact) mass is 393 g/mol. The highest BCUT2D eigenvalue weighted by Gasteiger charge is 2.14. The summed E-state index contributed by atoms with van der Waals surface area (Å²) in [5.41, 5.74) is 4.62. The molecule has 2 aromatic carbocycles. The Morgan fingerprint density at radius 3 is 2.55 bits per heavy atom. The summed E-state index contributed by atoms with van der Waals surface area (Å²) >= 11 is 0. The normalized spacial score (nSPS) is 14.4. The first-order valence-electron chi connectivity index (χ1n) is 10.1. The number of aromatic amines is 1. The molecule has 29 heavy (non-hydrogen) atoms. The Hall–Kier alpha value is -2.86. The van der Waals surface area contributed by atoms with Gasteiger partial charge in [-0.25, -0.2) is 4.98 Å². The molecule has 2 N–H and O–H groups in total. The Bertz CT molecular complexity index is 1090. The van der Waals surface area contributed by atoms with E-state index < -0.39 is 0 Å². The number of hydrogen-bond donors (Lipinski definition) is 2. The Labute approximate surface area is 170 Å². The van der Waals surface area contributed by atoms with Crippen LogP contribution in [-0.2, 0) is 19.4 Å². The summed E-state index contributed by atoms with van der Waals surface area (Å²) in [6.45, 7) is 2.61. The first-order chi connectivity index (χ1) is 14.1. The van der Waals surface area contributed by atoms with E-state index in [9.17, 15) is 4.79 Å². The molecule has 0 saturated carbocycles. The molecule has 0 aliphatic heterocycles. The lowest BCUT2D eigenvalue weighted by Gasteiger charge is -2.20. The number of ether oxygens (including phenoxy) is 2. The fraction of sp³-hybridized carbons (Fsp3) is 0.391. The van der Waals surface area contributed by atoms with Crippen molar-refractivity contribution in [3.63, 3.8) is 0 Å². The molecule has 152 valence electrons. The molecule has 0 spiro atoms. The fourth-order valence-corrected chi connectivity index (χ4v) is 3.99. The van der Waals surface area contributed by atoms with Gasteiger partial charge in [0.1, 0.15) is 5.82 Å². The minimum atomic E-state index is -0.186. The van der Waals surface area contributed by atoms with Crippen LogP contribution in [0.4, 0.5) is 0 Å². The summed E-state index contributed by atoms with van der Waals surface area (Å²) in [6.07, 6.45) is 4.92. The highest BCUT2D eigenvalue weighted by molar-refractivity contribution is 5.81. The van der Waals surface area contributed by atoms with Gasteiger partial charge in [-0.3, -0.25) is 4.79 Å². The summed E-state index contributed by atoms with van der Waals surface area (Å²) in [7, 11) is 3.12. The topological polar surface area (TPSA) is 76.2 Å². The smallest absolute Gasteiger partial charge is 0.258 e. The highest BCUT2D eigenvalue weighted by Crippen LogP contribution is 2.30. The molecule has 0 unspecified atom stereocenters. The molecule has 0 fully saturated rings. The molecular formula is C23H27N3O3. The van der Waals surface area contributed by atoms with Crippen molar-refractivity contribution < 1.29 is 9.47 Å². The van der Waals surface area contributed by atoms with Crippen LogP contribution in [0.3, 0.4) is 0 Å². The molecule has 0 amide bonds. The number of aryl methyl sites for hydroxylation is 2. The molecule has 4 rings (SSSR count). The Kier molecular flexibility index (Phi) is 5.53. The molecule has 0 bridgehead atoms. The third-order valence-electron chi connectivity index (χ3n) is 5.71. The van der Waals surface area contributed by atoms with Crippen LogP contribution in [0.25, 0.3) is 10.9 Å². The molecule has 3 aromatic rings. The zero-order valence-corrected chi connectivity index (χ0v) is 17.2. The molecule has 1 aliphatic carbocycles. The van der Waals surface area contributed by atoms with Gasteiger partial charge in [-0.05, 0) is 55.4 Å². The summed E-state index contributed by atoms with van der Waals surface area (Å²) in [5.74, 6) is 1.66. The fourth-order valence-electron chi connectivity index (χ4n) is 3.99. The third-order valence-corrected chi connectivity index (χ3v) is 5.71. The molecule has 0 saturated heterocycles. The lowest BCUT2D eigenvalue weighted by atomic mass is 9.89. The molecule has 1 atom stereocenters. The van der Waals surface area contributed by atoms with E-state index >= 15 is 0 Å². The quantitative estimate of drug-likeness (QED) is 0.668. The third kappa shape index (κ3) is 3.98. The second kappa shape index (κ2) is 8.25. The van der Waals surface area contributed by atoms with E-state index in [1.54, 1.807) is 26.4 Å². The van der Waals surface area contributed by atoms with Gasteiger partial charge in [0.05, 0.1) is 31.7 Å². The van der Waals surface area contributed by atoms with Gasteiger partial charge < -0.3 is 19.8 Å². The zero-order valence-electron chi connectivity index (χ0n) is 17.2. The summed E-state index contributed by atoms with van der Waals surface area (Å²) < 4.78 is 10.6. The first kappa shape index (κ1) is 19.5. The van der Waals surface area contributed by atoms with Crippen LogP contribution >= 0.6 is 0 Å². The maximum Gasteiger partial charge on any atom is 0.258 e. The van der Waals surface area contributed by atoms with Crippen LogP contribution in [0.1, 0.15) is 48.3 Å². The maximum absolute atomic E-state index is 12.5. The zero-order chi connectivity index (χ0) is 20.4. The van der Waals surface area contributed by atoms with Crippen LogP contribution in [0.15, 0.2) is 35.1 Å². The van der Waals surface area contributed by atoms with E-state index in [1.807, 2.05) is 0 Å². The van der Waals surface area contributed by atoms with Gasteiger partial charge in [0.15, 0.2) is 11.5 Å². The van der Waals surface area contributed by atoms with E-state index in [0.717, 1.165) is 0 Å². The highest BCUT2D eigenvalue weighted by atomic mass is 16.5. The number of nitrogens with one attached hydrogen (secondary N) is 2. The number of nitrogens with zero attached hydrogens (tertiary/aromatic N) is 1. The average molecular weight is 393 g/mol. The van der Waals surface area contributed by atoms with Crippen LogP contribution in [-0.4, -0.2) is 24.2 Å². The van der Waals surface area contributed by atoms with Crippen molar-refractivity contribution in [3.05, 3.63) is 63.2 Å². The van der Waals surface area contributed by atoms with Crippen molar-refractivity contribution in [2.75, 3.05) is 14.2 Å². The van der Waals surface area contributed by atoms with E-state index in [4.69, 9.17) is 9.47 Å². The number of benzene rings is 2. The minimum Gasteiger partial charge on any atom is -0.493 e. The van der Waals surface area contributed by atoms with Crippen LogP contribution in [0.5, 0.6) is 11.5 Å². The van der Waals surface area contributed by atoms with Gasteiger partial charge in [0.2, 0.25) is 0 Å². The summed E-state index contributed by atoms with van der Waals surface area (Å²) in [4.78, 5) is 20.0. The number of hydrogen-bond acceptors (Lipinski definition) is 5.